The van der Waals surface area contributed by atoms with Crippen LogP contribution in [0.2, 0.25) is 0 Å². The van der Waals surface area contributed by atoms with E-state index in [1.165, 1.54) is 131 Å². The van der Waals surface area contributed by atoms with Crippen LogP contribution in [0.15, 0.2) is 327 Å². The smallest absolute Gasteiger partial charge is 0.512 e. The predicted molar refractivity (Wildman–Crippen MR) is 450 cm³/mol. The van der Waals surface area contributed by atoms with Crippen LogP contribution >= 0.6 is 11.3 Å². The van der Waals surface area contributed by atoms with Gasteiger partial charge in [-0.15, -0.1) is 130 Å². The number of aromatic nitrogens is 4. The summed E-state index contributed by atoms with van der Waals surface area (Å²) in [5.41, 5.74) is 21.1. The molecule has 0 atom stereocenters. The van der Waals surface area contributed by atoms with E-state index < -0.39 is 0 Å². The fraction of sp³-hybridized carbons (Fsp3) is 0.121. The molecule has 3 N–H and O–H groups in total. The molecular weight excluding hydrogens is 2140 g/mol. The van der Waals surface area contributed by atoms with Crippen molar-refractivity contribution < 1.29 is 110 Å². The molecule has 0 aliphatic heterocycles. The Labute approximate surface area is 727 Å². The molecule has 0 amide bonds. The van der Waals surface area contributed by atoms with Crippen LogP contribution in [0.3, 0.4) is 0 Å². The summed E-state index contributed by atoms with van der Waals surface area (Å²) in [4.78, 5) is 49.2. The second-order valence-corrected chi connectivity index (χ2v) is 28.0. The standard InChI is InChI=1S/C24H18N.C20H16N.C15H10N.C13H8NS.C12H8.3C5H8O2.4Ir/c1-24(2)20-9-5-4-8-18(20)19-13-11-17(15-21(19)24)23-14-12-16-7-3-6-10-22(16)25-23;1-20(2)17-8-4-3-7-15(17)16-11-10-14(13-18(16)20)19-9-5-6-12-21-19;1-2-7-13(8-3-1)15-14-9-5-4-6-12(14)10-11-16-15;1-2-7-12-10(5-1)9-13(15-12)11-6-3-4-8-14-11;1-3-7-11(8-4-1)12-9-5-2-6-10-12;3*1-4(6)3-5(2)7;;;;/h3-10,12-15H,1-2H3;3-9,11-13H,1-2H3;1-7,9-11H;1-8H;1-7,9H;3*3,6H,1-2H3;;;;/q4*-1;-2;;;;;;;+3. The number of rotatable bonds is 8. The Bertz CT molecular complexity index is 5590. The predicted octanol–water partition coefficient (Wildman–Crippen LogP) is 24.4. The summed E-state index contributed by atoms with van der Waals surface area (Å²) in [6, 6.07) is 113. The molecule has 15 heteroatoms. The van der Waals surface area contributed by atoms with Gasteiger partial charge in [-0.05, 0) is 131 Å². The van der Waals surface area contributed by atoms with Gasteiger partial charge in [-0.1, -0.05) is 189 Å². The van der Waals surface area contributed by atoms with Crippen LogP contribution in [0.4, 0.5) is 0 Å². The molecule has 0 saturated carbocycles. The Morgan fingerprint density at radius 2 is 0.807 bits per heavy atom. The summed E-state index contributed by atoms with van der Waals surface area (Å²) in [5, 5.41) is 29.8. The van der Waals surface area contributed by atoms with Gasteiger partial charge in [0.2, 0.25) is 0 Å². The van der Waals surface area contributed by atoms with Gasteiger partial charge in [-0.2, -0.15) is 48.5 Å². The van der Waals surface area contributed by atoms with Gasteiger partial charge in [0.15, 0.2) is 17.3 Å². The Kier molecular flexibility index (Phi) is 36.3. The first kappa shape index (κ1) is 92.4. The number of carbonyl (C=O) groups excluding carboxylic acids is 3. The number of hydrogen-bond donors (Lipinski definition) is 3. The molecule has 114 heavy (non-hydrogen) atoms. The number of allylic oxidation sites excluding steroid dienone is 6. The van der Waals surface area contributed by atoms with Gasteiger partial charge in [0, 0.05) is 103 Å². The van der Waals surface area contributed by atoms with Crippen molar-refractivity contribution in [2.24, 2.45) is 0 Å². The summed E-state index contributed by atoms with van der Waals surface area (Å²) >= 11 is 1.73. The molecule has 5 aromatic heterocycles. The molecule has 581 valence electrons. The van der Waals surface area contributed by atoms with E-state index in [0.717, 1.165) is 61.0 Å². The zero-order chi connectivity index (χ0) is 78.2. The van der Waals surface area contributed by atoms with Crippen LogP contribution in [-0.2, 0) is 106 Å². The maximum Gasteiger partial charge on any atom is 3.00 e. The van der Waals surface area contributed by atoms with Crippen molar-refractivity contribution in [2.75, 3.05) is 0 Å². The van der Waals surface area contributed by atoms with Crippen molar-refractivity contribution in [3.63, 3.8) is 0 Å². The van der Waals surface area contributed by atoms with Gasteiger partial charge in [0.25, 0.3) is 0 Å². The Morgan fingerprint density at radius 1 is 0.377 bits per heavy atom. The number of aliphatic hydroxyl groups is 3. The first-order valence-corrected chi connectivity index (χ1v) is 36.7. The van der Waals surface area contributed by atoms with Gasteiger partial charge in [0.1, 0.15) is 0 Å². The second kappa shape index (κ2) is 44.8. The number of hydrogen-bond acceptors (Lipinski definition) is 11. The Hall–Kier alpha value is -10.5. The molecule has 3 radical (unpaired) electrons. The van der Waals surface area contributed by atoms with Crippen molar-refractivity contribution in [2.45, 2.75) is 80.1 Å². The first-order valence-electron chi connectivity index (χ1n) is 35.9. The number of thiophene rings is 1. The molecule has 10 aromatic carbocycles. The molecule has 10 nitrogen and oxygen atoms in total. The Balaban J connectivity index is 0.000000210. The van der Waals surface area contributed by atoms with Gasteiger partial charge >= 0.3 is 20.1 Å². The molecule has 5 heterocycles. The molecular formula is C99H84Ir4N4O6S-3. The second-order valence-electron chi connectivity index (χ2n) is 27.0. The van der Waals surface area contributed by atoms with Crippen molar-refractivity contribution in [1.29, 1.82) is 0 Å². The van der Waals surface area contributed by atoms with E-state index in [1.807, 2.05) is 164 Å². The van der Waals surface area contributed by atoms with E-state index in [4.69, 9.17) is 20.3 Å². The number of pyridine rings is 4. The zero-order valence-electron chi connectivity index (χ0n) is 64.5. The SMILES string of the molecule is CC(=O)C=C(C)O.CC(=O)C=C(C)O.CC(=O)C=C(C)O.CC1(C)c2ccccc2-c2c[c-]c(-c3ccc4ccccc4n3)cc21.CC1(C)c2ccccc2-c2c[c-]c(-c3ccccn3)cc21.[Ir+3].[Ir].[Ir].[Ir].[c-]1c(-c2ccccn2)sc2ccccc12.[c-]1ccccc1-c1[c-]cccc1.[c-]1ccccc1-c1nccc2ccccc12. The summed E-state index contributed by atoms with van der Waals surface area (Å²) in [7, 11) is 0. The van der Waals surface area contributed by atoms with Crippen LogP contribution < -0.4 is 0 Å². The molecule has 2 aliphatic rings. The summed E-state index contributed by atoms with van der Waals surface area (Å²) < 4.78 is 1.26. The number of nitrogens with zero attached hydrogens (tertiary/aromatic N) is 4. The van der Waals surface area contributed by atoms with E-state index in [9.17, 15) is 14.4 Å². The average Bonchev–Trinajstić information content (AvgIpc) is 1.59. The third-order valence-electron chi connectivity index (χ3n) is 17.7. The van der Waals surface area contributed by atoms with Crippen LogP contribution in [0, 0.1) is 36.4 Å². The van der Waals surface area contributed by atoms with Gasteiger partial charge < -0.3 is 30.3 Å². The molecule has 0 unspecified atom stereocenters. The monoisotopic (exact) mass is 2230 g/mol. The van der Waals surface area contributed by atoms with Gasteiger partial charge in [-0.3, -0.25) is 19.4 Å². The van der Waals surface area contributed by atoms with Gasteiger partial charge in [-0.25, -0.2) is 22.5 Å². The number of benzene rings is 10. The summed E-state index contributed by atoms with van der Waals surface area (Å²) in [5.74, 6) is -0.187. The normalized spacial score (nSPS) is 11.8. The molecule has 0 fully saturated rings. The van der Waals surface area contributed by atoms with E-state index in [2.05, 4.69) is 206 Å². The number of fused-ring (bicyclic) bond motifs is 9. The van der Waals surface area contributed by atoms with Crippen LogP contribution in [0.25, 0.3) is 109 Å². The third kappa shape index (κ3) is 25.3. The van der Waals surface area contributed by atoms with Crippen molar-refractivity contribution in [3.8, 4) is 77.7 Å². The minimum Gasteiger partial charge on any atom is -0.512 e. The number of carbonyl (C=O) groups is 3. The van der Waals surface area contributed by atoms with Crippen LogP contribution in [-0.4, -0.2) is 52.6 Å². The largest absolute Gasteiger partial charge is 3.00 e. The zero-order valence-corrected chi connectivity index (χ0v) is 74.9. The molecule has 0 saturated heterocycles. The fourth-order valence-corrected chi connectivity index (χ4v) is 13.7. The van der Waals surface area contributed by atoms with Crippen molar-refractivity contribution in [3.05, 3.63) is 386 Å². The van der Waals surface area contributed by atoms with E-state index in [0.29, 0.717) is 0 Å². The average molecular weight is 2230 g/mol. The topological polar surface area (TPSA) is 163 Å². The third-order valence-corrected chi connectivity index (χ3v) is 18.8. The first-order chi connectivity index (χ1) is 53.0. The maximum atomic E-state index is 10.0. The molecule has 17 rings (SSSR count). The number of aliphatic hydroxyl groups excluding tert-OH is 3. The van der Waals surface area contributed by atoms with E-state index in [-0.39, 0.29) is 126 Å². The minimum atomic E-state index is -0.125. The van der Waals surface area contributed by atoms with Gasteiger partial charge in [0.05, 0.1) is 22.8 Å². The fourth-order valence-electron chi connectivity index (χ4n) is 12.7. The number of para-hydroxylation sites is 1. The quantitative estimate of drug-likeness (QED) is 0.0758. The Morgan fingerprint density at radius 3 is 1.27 bits per heavy atom. The van der Waals surface area contributed by atoms with E-state index >= 15 is 0 Å². The molecule has 0 spiro atoms. The van der Waals surface area contributed by atoms with Crippen molar-refractivity contribution in [1.82, 2.24) is 19.9 Å². The molecule has 0 bridgehead atoms. The van der Waals surface area contributed by atoms with Crippen LogP contribution in [0.5, 0.6) is 0 Å². The minimum absolute atomic E-state index is 0. The summed E-state index contributed by atoms with van der Waals surface area (Å²) in [6.45, 7) is 17.7. The van der Waals surface area contributed by atoms with Crippen molar-refractivity contribution >= 4 is 60.4 Å². The van der Waals surface area contributed by atoms with Crippen LogP contribution in [0.1, 0.15) is 91.5 Å². The molecule has 15 aromatic rings. The maximum absolute atomic E-state index is 10.0. The molecule has 2 aliphatic carbocycles. The van der Waals surface area contributed by atoms with E-state index in [1.54, 1.807) is 11.3 Å². The summed E-state index contributed by atoms with van der Waals surface area (Å²) in [6.07, 6.45) is 8.99. The number of ketones is 3.